The van der Waals surface area contributed by atoms with Crippen LogP contribution in [0.15, 0.2) is 42.5 Å². The van der Waals surface area contributed by atoms with E-state index in [2.05, 4.69) is 13.8 Å². The van der Waals surface area contributed by atoms with E-state index in [-0.39, 0.29) is 6.61 Å². The highest BCUT2D eigenvalue weighted by Gasteiger charge is 2.10. The fourth-order valence-electron chi connectivity index (χ4n) is 3.30. The molecule has 2 aromatic carbocycles. The lowest BCUT2D eigenvalue weighted by atomic mass is 10.0. The Kier molecular flexibility index (Phi) is 11.4. The molecule has 174 valence electrons. The van der Waals surface area contributed by atoms with Gasteiger partial charge in [-0.3, -0.25) is 0 Å². The highest BCUT2D eigenvalue weighted by atomic mass is 16.5. The van der Waals surface area contributed by atoms with Gasteiger partial charge in [0, 0.05) is 0 Å². The molecule has 5 nitrogen and oxygen atoms in total. The van der Waals surface area contributed by atoms with E-state index in [1.165, 1.54) is 7.11 Å². The first kappa shape index (κ1) is 25.5. The average molecular weight is 441 g/mol. The molecule has 2 aromatic rings. The van der Waals surface area contributed by atoms with Gasteiger partial charge in [-0.25, -0.2) is 4.79 Å². The Morgan fingerprint density at radius 1 is 0.875 bits per heavy atom. The Morgan fingerprint density at radius 3 is 2.16 bits per heavy atom. The van der Waals surface area contributed by atoms with Crippen LogP contribution in [-0.2, 0) is 4.74 Å². The van der Waals surface area contributed by atoms with Crippen molar-refractivity contribution in [3.05, 3.63) is 59.2 Å². The molecule has 5 heteroatoms. The van der Waals surface area contributed by atoms with Crippen molar-refractivity contribution in [3.63, 3.8) is 0 Å². The highest BCUT2D eigenvalue weighted by molar-refractivity contribution is 5.92. The first-order valence-corrected chi connectivity index (χ1v) is 11.5. The van der Waals surface area contributed by atoms with Crippen LogP contribution in [0, 0.1) is 0 Å². The topological polar surface area (TPSA) is 65.0 Å². The number of aliphatic hydroxyl groups is 1. The molecule has 0 fully saturated rings. The van der Waals surface area contributed by atoms with Crippen LogP contribution in [0.3, 0.4) is 0 Å². The summed E-state index contributed by atoms with van der Waals surface area (Å²) in [5, 5.41) is 9.98. The number of aliphatic hydroxyl groups excluding tert-OH is 1. The van der Waals surface area contributed by atoms with E-state index in [4.69, 9.17) is 14.2 Å². The molecule has 0 spiro atoms. The van der Waals surface area contributed by atoms with Gasteiger partial charge in [-0.05, 0) is 59.9 Å². The van der Waals surface area contributed by atoms with E-state index in [9.17, 15) is 9.90 Å². The van der Waals surface area contributed by atoms with Crippen LogP contribution in [0.5, 0.6) is 11.5 Å². The minimum Gasteiger partial charge on any atom is -0.490 e. The number of methoxy groups -OCH3 is 1. The fraction of sp³-hybridized carbons (Fsp3) is 0.444. The van der Waals surface area contributed by atoms with Crippen molar-refractivity contribution >= 4 is 17.6 Å². The van der Waals surface area contributed by atoms with Crippen LogP contribution in [-0.4, -0.2) is 38.0 Å². The van der Waals surface area contributed by atoms with Crippen LogP contribution < -0.4 is 9.47 Å². The molecule has 0 radical (unpaired) electrons. The van der Waals surface area contributed by atoms with Crippen LogP contribution in [0.1, 0.15) is 73.9 Å². The minimum absolute atomic E-state index is 0.160. The van der Waals surface area contributed by atoms with Gasteiger partial charge in [0.2, 0.25) is 0 Å². The maximum Gasteiger partial charge on any atom is 0.337 e. The first-order chi connectivity index (χ1) is 15.6. The van der Waals surface area contributed by atoms with E-state index in [1.54, 1.807) is 18.2 Å². The van der Waals surface area contributed by atoms with Gasteiger partial charge in [0.1, 0.15) is 0 Å². The molecule has 0 unspecified atom stereocenters. The summed E-state index contributed by atoms with van der Waals surface area (Å²) in [5.74, 6) is 1.05. The summed E-state index contributed by atoms with van der Waals surface area (Å²) < 4.78 is 16.8. The van der Waals surface area contributed by atoms with Gasteiger partial charge >= 0.3 is 5.97 Å². The van der Waals surface area contributed by atoms with E-state index in [0.29, 0.717) is 30.1 Å². The normalized spacial score (nSPS) is 11.3. The number of hydrogen-bond donors (Lipinski definition) is 1. The molecule has 0 aromatic heterocycles. The van der Waals surface area contributed by atoms with Gasteiger partial charge in [0.25, 0.3) is 0 Å². The van der Waals surface area contributed by atoms with Crippen LogP contribution in [0.2, 0.25) is 0 Å². The molecular weight excluding hydrogens is 404 g/mol. The molecule has 0 heterocycles. The number of rotatable bonds is 14. The third kappa shape index (κ3) is 8.04. The predicted octanol–water partition coefficient (Wildman–Crippen LogP) is 6.14. The summed E-state index contributed by atoms with van der Waals surface area (Å²) in [4.78, 5) is 11.9. The van der Waals surface area contributed by atoms with Gasteiger partial charge in [-0.15, -0.1) is 0 Å². The van der Waals surface area contributed by atoms with Crippen LogP contribution in [0.4, 0.5) is 0 Å². The Bertz CT molecular complexity index is 872. The Labute approximate surface area is 192 Å². The highest BCUT2D eigenvalue weighted by Crippen LogP contribution is 2.31. The van der Waals surface area contributed by atoms with Crippen molar-refractivity contribution in [2.75, 3.05) is 26.9 Å². The lowest BCUT2D eigenvalue weighted by Gasteiger charge is -2.14. The summed E-state index contributed by atoms with van der Waals surface area (Å²) in [6.07, 6.45) is 8.45. The number of unbranched alkanes of at least 4 members (excludes halogenated alkanes) is 4. The molecule has 0 atom stereocenters. The summed E-state index contributed by atoms with van der Waals surface area (Å²) >= 11 is 0. The summed E-state index contributed by atoms with van der Waals surface area (Å²) in [7, 11) is 1.35. The monoisotopic (exact) mass is 440 g/mol. The van der Waals surface area contributed by atoms with Crippen molar-refractivity contribution in [1.82, 2.24) is 0 Å². The van der Waals surface area contributed by atoms with E-state index < -0.39 is 5.97 Å². The SMILES string of the molecule is CCCCCOc1ccc(C=C(CO)c2cccc(C(=O)OC)c2)cc1OCCCCC. The molecule has 0 aliphatic carbocycles. The van der Waals surface area contributed by atoms with Gasteiger partial charge in [-0.2, -0.15) is 0 Å². The van der Waals surface area contributed by atoms with E-state index in [1.807, 2.05) is 30.3 Å². The smallest absolute Gasteiger partial charge is 0.337 e. The molecule has 0 bridgehead atoms. The standard InChI is InChI=1S/C27H36O5/c1-4-6-8-15-31-25-14-13-21(18-26(25)32-16-9-7-5-2)17-24(20-28)22-11-10-12-23(19-22)27(29)30-3/h10-14,17-19,28H,4-9,15-16,20H2,1-3H3. The Morgan fingerprint density at radius 2 is 1.53 bits per heavy atom. The number of ether oxygens (including phenoxy) is 3. The Hall–Kier alpha value is -2.79. The van der Waals surface area contributed by atoms with Crippen molar-refractivity contribution in [3.8, 4) is 11.5 Å². The van der Waals surface area contributed by atoms with E-state index >= 15 is 0 Å². The van der Waals surface area contributed by atoms with Gasteiger partial charge < -0.3 is 19.3 Å². The number of carbonyl (C=O) groups excluding carboxylic acids is 1. The zero-order valence-electron chi connectivity index (χ0n) is 19.6. The number of benzene rings is 2. The molecule has 1 N–H and O–H groups in total. The van der Waals surface area contributed by atoms with Gasteiger partial charge in [0.05, 0.1) is 32.5 Å². The quantitative estimate of drug-likeness (QED) is 0.217. The van der Waals surface area contributed by atoms with Crippen molar-refractivity contribution in [1.29, 1.82) is 0 Å². The molecule has 0 aliphatic rings. The Balaban J connectivity index is 2.27. The number of hydrogen-bond acceptors (Lipinski definition) is 5. The predicted molar refractivity (Wildman–Crippen MR) is 129 cm³/mol. The average Bonchev–Trinajstić information content (AvgIpc) is 2.83. The maximum atomic E-state index is 11.9. The minimum atomic E-state index is -0.406. The third-order valence-corrected chi connectivity index (χ3v) is 5.14. The first-order valence-electron chi connectivity index (χ1n) is 11.5. The fourth-order valence-corrected chi connectivity index (χ4v) is 3.30. The lowest BCUT2D eigenvalue weighted by molar-refractivity contribution is 0.0600. The van der Waals surface area contributed by atoms with Crippen LogP contribution in [0.25, 0.3) is 11.6 Å². The van der Waals surface area contributed by atoms with Gasteiger partial charge in [0.15, 0.2) is 11.5 Å². The molecule has 0 saturated heterocycles. The zero-order chi connectivity index (χ0) is 23.2. The second kappa shape index (κ2) is 14.3. The molecular formula is C27H36O5. The molecule has 0 aliphatic heterocycles. The second-order valence-corrected chi connectivity index (χ2v) is 7.72. The molecule has 32 heavy (non-hydrogen) atoms. The number of carbonyl (C=O) groups is 1. The van der Waals surface area contributed by atoms with Crippen LogP contribution >= 0.6 is 0 Å². The van der Waals surface area contributed by atoms with E-state index in [0.717, 1.165) is 55.4 Å². The molecule has 0 amide bonds. The van der Waals surface area contributed by atoms with Crippen molar-refractivity contribution < 1.29 is 24.1 Å². The molecule has 0 saturated carbocycles. The van der Waals surface area contributed by atoms with Crippen molar-refractivity contribution in [2.45, 2.75) is 52.4 Å². The summed E-state index contributed by atoms with van der Waals surface area (Å²) in [6.45, 7) is 5.48. The lowest BCUT2D eigenvalue weighted by Crippen LogP contribution is -2.03. The third-order valence-electron chi connectivity index (χ3n) is 5.14. The zero-order valence-corrected chi connectivity index (χ0v) is 19.6. The summed E-state index contributed by atoms with van der Waals surface area (Å²) in [6, 6.07) is 12.9. The summed E-state index contributed by atoms with van der Waals surface area (Å²) in [5.41, 5.74) is 2.80. The van der Waals surface area contributed by atoms with Gasteiger partial charge in [-0.1, -0.05) is 57.7 Å². The second-order valence-electron chi connectivity index (χ2n) is 7.72. The largest absolute Gasteiger partial charge is 0.490 e. The van der Waals surface area contributed by atoms with Crippen molar-refractivity contribution in [2.24, 2.45) is 0 Å². The number of esters is 1. The molecule has 2 rings (SSSR count). The maximum absolute atomic E-state index is 11.9.